The van der Waals surface area contributed by atoms with E-state index in [-0.39, 0.29) is 22.6 Å². The fraction of sp³-hybridized carbons (Fsp3) is 0.273. The molecule has 0 amide bonds. The zero-order valence-electron chi connectivity index (χ0n) is 10.1. The van der Waals surface area contributed by atoms with Crippen molar-refractivity contribution < 1.29 is 17.9 Å². The second-order valence-electron chi connectivity index (χ2n) is 3.83. The van der Waals surface area contributed by atoms with Crippen LogP contribution in [0.3, 0.4) is 0 Å². The van der Waals surface area contributed by atoms with Crippen LogP contribution in [-0.2, 0) is 17.5 Å². The van der Waals surface area contributed by atoms with Crippen LogP contribution in [0.4, 0.5) is 13.2 Å². The molecule has 0 atom stereocenters. The number of rotatable bonds is 3. The lowest BCUT2D eigenvalue weighted by Gasteiger charge is -2.09. The number of ether oxygens (including phenoxy) is 1. The number of aromatic nitrogens is 3. The van der Waals surface area contributed by atoms with Crippen molar-refractivity contribution >= 4 is 23.2 Å². The molecule has 0 N–H and O–H groups in total. The lowest BCUT2D eigenvalue weighted by atomic mass is 10.3. The van der Waals surface area contributed by atoms with Crippen LogP contribution >= 0.6 is 23.2 Å². The first-order valence-electron chi connectivity index (χ1n) is 5.29. The van der Waals surface area contributed by atoms with Gasteiger partial charge in [-0.05, 0) is 6.07 Å². The summed E-state index contributed by atoms with van der Waals surface area (Å²) in [7, 11) is 1.48. The molecule has 4 nitrogen and oxygen atoms in total. The molecule has 0 fully saturated rings. The van der Waals surface area contributed by atoms with Crippen LogP contribution in [0.15, 0.2) is 18.3 Å². The fourth-order valence-electron chi connectivity index (χ4n) is 1.51. The molecular formula is C11H8Cl2F3N3O. The maximum absolute atomic E-state index is 12.5. The Bertz CT molecular complexity index is 628. The van der Waals surface area contributed by atoms with Crippen LogP contribution in [0.25, 0.3) is 5.82 Å². The van der Waals surface area contributed by atoms with Crippen LogP contribution < -0.4 is 0 Å². The van der Waals surface area contributed by atoms with E-state index in [1.54, 1.807) is 0 Å². The molecule has 0 aliphatic rings. The molecule has 0 aromatic carbocycles. The standard InChI is InChI=1S/C11H8Cl2F3N3O/c1-20-5-7-3-9(13)19(18-7)10-8(12)2-6(4-17-10)11(14,15)16/h2-4H,5H2,1H3. The van der Waals surface area contributed by atoms with Gasteiger partial charge >= 0.3 is 6.18 Å². The van der Waals surface area contributed by atoms with Crippen molar-refractivity contribution in [3.63, 3.8) is 0 Å². The quantitative estimate of drug-likeness (QED) is 0.863. The highest BCUT2D eigenvalue weighted by Crippen LogP contribution is 2.32. The summed E-state index contributed by atoms with van der Waals surface area (Å²) in [4.78, 5) is 3.67. The number of hydrogen-bond donors (Lipinski definition) is 0. The Morgan fingerprint density at radius 2 is 2.00 bits per heavy atom. The number of alkyl halides is 3. The number of methoxy groups -OCH3 is 1. The molecule has 2 aromatic rings. The summed E-state index contributed by atoms with van der Waals surface area (Å²) in [5.74, 6) is 0.0204. The summed E-state index contributed by atoms with van der Waals surface area (Å²) in [5, 5.41) is 4.03. The van der Waals surface area contributed by atoms with Crippen molar-refractivity contribution in [1.82, 2.24) is 14.8 Å². The van der Waals surface area contributed by atoms with Crippen LogP contribution in [0.2, 0.25) is 10.2 Å². The number of halogens is 5. The summed E-state index contributed by atoms with van der Waals surface area (Å²) in [6, 6.07) is 2.29. The van der Waals surface area contributed by atoms with Crippen molar-refractivity contribution in [1.29, 1.82) is 0 Å². The molecule has 0 saturated carbocycles. The van der Waals surface area contributed by atoms with E-state index in [0.29, 0.717) is 11.9 Å². The van der Waals surface area contributed by atoms with Crippen molar-refractivity contribution in [2.24, 2.45) is 0 Å². The first-order valence-corrected chi connectivity index (χ1v) is 6.05. The van der Waals surface area contributed by atoms with Crippen LogP contribution in [0, 0.1) is 0 Å². The van der Waals surface area contributed by atoms with Crippen LogP contribution in [0.1, 0.15) is 11.3 Å². The minimum Gasteiger partial charge on any atom is -0.378 e. The second-order valence-corrected chi connectivity index (χ2v) is 4.62. The van der Waals surface area contributed by atoms with Crippen LogP contribution in [-0.4, -0.2) is 21.9 Å². The summed E-state index contributed by atoms with van der Waals surface area (Å²) in [6.45, 7) is 0.213. The lowest BCUT2D eigenvalue weighted by Crippen LogP contribution is -2.08. The fourth-order valence-corrected chi connectivity index (χ4v) is 2.00. The summed E-state index contributed by atoms with van der Waals surface area (Å²) in [6.07, 6.45) is -3.83. The molecule has 2 rings (SSSR count). The summed E-state index contributed by atoms with van der Waals surface area (Å²) < 4.78 is 43.6. The Morgan fingerprint density at radius 1 is 1.30 bits per heavy atom. The maximum Gasteiger partial charge on any atom is 0.417 e. The zero-order chi connectivity index (χ0) is 14.9. The van der Waals surface area contributed by atoms with Crippen molar-refractivity contribution in [2.45, 2.75) is 12.8 Å². The van der Waals surface area contributed by atoms with Crippen LogP contribution in [0.5, 0.6) is 0 Å². The molecular weight excluding hydrogens is 318 g/mol. The Hall–Kier alpha value is -1.31. The van der Waals surface area contributed by atoms with E-state index in [4.69, 9.17) is 27.9 Å². The molecule has 0 spiro atoms. The SMILES string of the molecule is COCc1cc(Cl)n(-c2ncc(C(F)(F)F)cc2Cl)n1. The second kappa shape index (κ2) is 5.59. The van der Waals surface area contributed by atoms with E-state index in [2.05, 4.69) is 10.1 Å². The third-order valence-electron chi connectivity index (χ3n) is 2.36. The van der Waals surface area contributed by atoms with Gasteiger partial charge in [-0.3, -0.25) is 0 Å². The topological polar surface area (TPSA) is 39.9 Å². The molecule has 0 aliphatic heterocycles. The molecule has 2 aromatic heterocycles. The molecule has 0 aliphatic carbocycles. The van der Waals surface area contributed by atoms with E-state index in [1.165, 1.54) is 13.2 Å². The number of pyridine rings is 1. The van der Waals surface area contributed by atoms with Crippen molar-refractivity contribution in [3.8, 4) is 5.82 Å². The maximum atomic E-state index is 12.5. The van der Waals surface area contributed by atoms with Gasteiger partial charge in [-0.15, -0.1) is 0 Å². The van der Waals surface area contributed by atoms with Crippen molar-refractivity contribution in [3.05, 3.63) is 39.8 Å². The van der Waals surface area contributed by atoms with E-state index < -0.39 is 11.7 Å². The predicted molar refractivity (Wildman–Crippen MR) is 67.1 cm³/mol. The highest BCUT2D eigenvalue weighted by atomic mass is 35.5. The average molecular weight is 326 g/mol. The molecule has 0 radical (unpaired) electrons. The largest absolute Gasteiger partial charge is 0.417 e. The van der Waals surface area contributed by atoms with Gasteiger partial charge < -0.3 is 4.74 Å². The van der Waals surface area contributed by atoms with E-state index >= 15 is 0 Å². The Labute approximate surface area is 122 Å². The molecule has 0 saturated heterocycles. The smallest absolute Gasteiger partial charge is 0.378 e. The highest BCUT2D eigenvalue weighted by molar-refractivity contribution is 6.33. The lowest BCUT2D eigenvalue weighted by molar-refractivity contribution is -0.137. The van der Waals surface area contributed by atoms with Gasteiger partial charge in [0.15, 0.2) is 5.82 Å². The molecule has 0 bridgehead atoms. The summed E-state index contributed by atoms with van der Waals surface area (Å²) in [5.41, 5.74) is -0.429. The number of nitrogens with zero attached hydrogens (tertiary/aromatic N) is 3. The normalized spacial score (nSPS) is 11.9. The minimum absolute atomic E-state index is 0.0204. The van der Waals surface area contributed by atoms with Crippen molar-refractivity contribution in [2.75, 3.05) is 7.11 Å². The molecule has 108 valence electrons. The monoisotopic (exact) mass is 325 g/mol. The Morgan fingerprint density at radius 3 is 2.55 bits per heavy atom. The first-order chi connectivity index (χ1) is 9.32. The van der Waals surface area contributed by atoms with E-state index in [1.807, 2.05) is 0 Å². The van der Waals surface area contributed by atoms with Gasteiger partial charge in [0.25, 0.3) is 0 Å². The van der Waals surface area contributed by atoms with Gasteiger partial charge in [0.05, 0.1) is 22.9 Å². The molecule has 20 heavy (non-hydrogen) atoms. The van der Waals surface area contributed by atoms with E-state index in [0.717, 1.165) is 10.7 Å². The zero-order valence-corrected chi connectivity index (χ0v) is 11.6. The van der Waals surface area contributed by atoms with Gasteiger partial charge in [-0.1, -0.05) is 23.2 Å². The third kappa shape index (κ3) is 3.05. The average Bonchev–Trinajstić information content (AvgIpc) is 2.69. The van der Waals surface area contributed by atoms with Gasteiger partial charge in [0.1, 0.15) is 5.15 Å². The minimum atomic E-state index is -4.51. The van der Waals surface area contributed by atoms with Gasteiger partial charge in [-0.25, -0.2) is 9.67 Å². The molecule has 0 unspecified atom stereocenters. The summed E-state index contributed by atoms with van der Waals surface area (Å²) >= 11 is 11.8. The van der Waals surface area contributed by atoms with E-state index in [9.17, 15) is 13.2 Å². The van der Waals surface area contributed by atoms with Gasteiger partial charge in [-0.2, -0.15) is 18.3 Å². The Balaban J connectivity index is 2.43. The highest BCUT2D eigenvalue weighted by Gasteiger charge is 2.32. The molecule has 2 heterocycles. The molecule has 9 heteroatoms. The Kier molecular flexibility index (Phi) is 4.22. The van der Waals surface area contributed by atoms with Gasteiger partial charge in [0.2, 0.25) is 0 Å². The predicted octanol–water partition coefficient (Wildman–Crippen LogP) is 3.74. The first kappa shape index (κ1) is 15.1. The van der Waals surface area contributed by atoms with Gasteiger partial charge in [0, 0.05) is 19.4 Å². The third-order valence-corrected chi connectivity index (χ3v) is 2.91. The number of hydrogen-bond acceptors (Lipinski definition) is 3.